The Kier molecular flexibility index (Phi) is 3.42. The molecule has 0 bridgehead atoms. The molecule has 1 aromatic rings. The highest BCUT2D eigenvalue weighted by Gasteiger charge is 2.52. The quantitative estimate of drug-likeness (QED) is 0.799. The van der Waals surface area contributed by atoms with Crippen LogP contribution in [0.2, 0.25) is 0 Å². The van der Waals surface area contributed by atoms with Gasteiger partial charge in [0.1, 0.15) is 5.75 Å². The van der Waals surface area contributed by atoms with Crippen LogP contribution in [0, 0.1) is 0 Å². The molecule has 0 aromatic heterocycles. The van der Waals surface area contributed by atoms with Gasteiger partial charge in [0.05, 0.1) is 11.2 Å². The number of phenols is 1. The number of fused-ring (bicyclic) bond motifs is 1. The smallest absolute Gasteiger partial charge is 0.490 e. The second kappa shape index (κ2) is 4.89. The van der Waals surface area contributed by atoms with Crippen molar-refractivity contribution in [3.05, 3.63) is 34.8 Å². The van der Waals surface area contributed by atoms with E-state index in [-0.39, 0.29) is 18.3 Å². The lowest BCUT2D eigenvalue weighted by molar-refractivity contribution is 0.00578. The summed E-state index contributed by atoms with van der Waals surface area (Å²) in [6.07, 6.45) is 5.16. The molecule has 0 amide bonds. The van der Waals surface area contributed by atoms with Gasteiger partial charge < -0.3 is 14.4 Å². The molecule has 0 atom stereocenters. The van der Waals surface area contributed by atoms with E-state index in [4.69, 9.17) is 9.31 Å². The molecule has 21 heavy (non-hydrogen) atoms. The van der Waals surface area contributed by atoms with Crippen molar-refractivity contribution < 1.29 is 14.4 Å². The zero-order valence-electron chi connectivity index (χ0n) is 13.3. The molecule has 1 aliphatic heterocycles. The number of aromatic hydroxyl groups is 1. The Balaban J connectivity index is 1.92. The number of phenolic OH excluding ortho intramolecular Hbond substituents is 1. The zero-order valence-corrected chi connectivity index (χ0v) is 13.3. The maximum atomic E-state index is 9.62. The van der Waals surface area contributed by atoms with E-state index in [0.29, 0.717) is 5.75 Å². The average molecular weight is 286 g/mol. The van der Waals surface area contributed by atoms with Crippen LogP contribution in [-0.4, -0.2) is 23.4 Å². The van der Waals surface area contributed by atoms with Crippen LogP contribution in [0.1, 0.15) is 51.7 Å². The molecule has 1 heterocycles. The van der Waals surface area contributed by atoms with E-state index in [2.05, 4.69) is 33.8 Å². The molecule has 1 aromatic carbocycles. The van der Waals surface area contributed by atoms with Crippen LogP contribution >= 0.6 is 0 Å². The number of allylic oxidation sites excluding steroid dienone is 1. The van der Waals surface area contributed by atoms with Crippen LogP contribution in [0.4, 0.5) is 0 Å². The molecule has 1 fully saturated rings. The third-order valence-electron chi connectivity index (χ3n) is 4.94. The summed E-state index contributed by atoms with van der Waals surface area (Å²) in [4.78, 5) is 0. The van der Waals surface area contributed by atoms with Crippen molar-refractivity contribution in [2.24, 2.45) is 0 Å². The van der Waals surface area contributed by atoms with Crippen molar-refractivity contribution in [3.8, 4) is 5.75 Å². The Hall–Kier alpha value is -1.26. The lowest BCUT2D eigenvalue weighted by atomic mass is 9.75. The molecule has 3 nitrogen and oxygen atoms in total. The second-order valence-corrected chi connectivity index (χ2v) is 7.04. The first-order valence-electron chi connectivity index (χ1n) is 7.66. The van der Waals surface area contributed by atoms with Gasteiger partial charge in [-0.25, -0.2) is 0 Å². The summed E-state index contributed by atoms with van der Waals surface area (Å²) in [7, 11) is -0.269. The van der Waals surface area contributed by atoms with E-state index in [0.717, 1.165) is 24.8 Å². The highest BCUT2D eigenvalue weighted by molar-refractivity contribution is 6.55. The van der Waals surface area contributed by atoms with Gasteiger partial charge in [-0.1, -0.05) is 12.1 Å². The lowest BCUT2D eigenvalue weighted by Crippen LogP contribution is -2.41. The van der Waals surface area contributed by atoms with Gasteiger partial charge in [-0.05, 0) is 75.7 Å². The van der Waals surface area contributed by atoms with Gasteiger partial charge in [-0.2, -0.15) is 0 Å². The Bertz CT molecular complexity index is 574. The number of benzene rings is 1. The van der Waals surface area contributed by atoms with Gasteiger partial charge >= 0.3 is 7.12 Å². The molecular weight excluding hydrogens is 263 g/mol. The largest absolute Gasteiger partial charge is 0.508 e. The fourth-order valence-electron chi connectivity index (χ4n) is 2.88. The molecule has 1 saturated heterocycles. The van der Waals surface area contributed by atoms with Gasteiger partial charge in [-0.15, -0.1) is 0 Å². The number of hydrogen-bond donors (Lipinski definition) is 1. The fraction of sp³-hybridized carbons (Fsp3) is 0.529. The molecule has 0 unspecified atom stereocenters. The topological polar surface area (TPSA) is 38.7 Å². The molecule has 112 valence electrons. The van der Waals surface area contributed by atoms with Crippen LogP contribution in [0.5, 0.6) is 5.75 Å². The minimum atomic E-state index is -0.303. The summed E-state index contributed by atoms with van der Waals surface area (Å²) in [6.45, 7) is 8.32. The minimum absolute atomic E-state index is 0.269. The molecule has 1 aliphatic carbocycles. The van der Waals surface area contributed by atoms with E-state index < -0.39 is 0 Å². The van der Waals surface area contributed by atoms with Gasteiger partial charge in [0.25, 0.3) is 0 Å². The van der Waals surface area contributed by atoms with Crippen molar-refractivity contribution in [1.82, 2.24) is 0 Å². The lowest BCUT2D eigenvalue weighted by Gasteiger charge is -2.32. The third kappa shape index (κ3) is 2.63. The summed E-state index contributed by atoms with van der Waals surface area (Å²) in [5.74, 6) is 0.334. The van der Waals surface area contributed by atoms with Gasteiger partial charge in [-0.3, -0.25) is 0 Å². The standard InChI is InChI=1S/C17H23BO3/c1-16(2)17(3,4)21-18(20-16)14-7-5-6-12-11-15(19)9-8-13(12)10-14/h8-11,19H,5-7H2,1-4H3. The Morgan fingerprint density at radius 2 is 1.71 bits per heavy atom. The van der Waals surface area contributed by atoms with Gasteiger partial charge in [0, 0.05) is 0 Å². The first-order chi connectivity index (χ1) is 9.78. The number of rotatable bonds is 1. The van der Waals surface area contributed by atoms with Crippen LogP contribution < -0.4 is 0 Å². The summed E-state index contributed by atoms with van der Waals surface area (Å²) in [6, 6.07) is 5.57. The summed E-state index contributed by atoms with van der Waals surface area (Å²) in [5, 5.41) is 9.62. The van der Waals surface area contributed by atoms with Crippen molar-refractivity contribution >= 4 is 13.2 Å². The highest BCUT2D eigenvalue weighted by Crippen LogP contribution is 2.40. The molecule has 3 rings (SSSR count). The van der Waals surface area contributed by atoms with Crippen molar-refractivity contribution in [2.45, 2.75) is 58.2 Å². The Morgan fingerprint density at radius 3 is 2.38 bits per heavy atom. The van der Waals surface area contributed by atoms with E-state index >= 15 is 0 Å². The molecule has 0 spiro atoms. The Labute approximate surface area is 127 Å². The van der Waals surface area contributed by atoms with E-state index in [9.17, 15) is 5.11 Å². The molecule has 2 aliphatic rings. The van der Waals surface area contributed by atoms with Crippen LogP contribution in [0.25, 0.3) is 6.08 Å². The third-order valence-corrected chi connectivity index (χ3v) is 4.94. The summed E-state index contributed by atoms with van der Waals surface area (Å²) >= 11 is 0. The second-order valence-electron chi connectivity index (χ2n) is 7.04. The SMILES string of the molecule is CC1(C)OB(C2=Cc3ccc(O)cc3CCC2)OC1(C)C. The van der Waals surface area contributed by atoms with Crippen molar-refractivity contribution in [3.63, 3.8) is 0 Å². The summed E-state index contributed by atoms with van der Waals surface area (Å²) in [5.41, 5.74) is 2.94. The van der Waals surface area contributed by atoms with Crippen LogP contribution in [0.3, 0.4) is 0 Å². The van der Waals surface area contributed by atoms with Gasteiger partial charge in [0.15, 0.2) is 0 Å². The number of aryl methyl sites for hydroxylation is 1. The summed E-state index contributed by atoms with van der Waals surface area (Å²) < 4.78 is 12.3. The monoisotopic (exact) mass is 286 g/mol. The Morgan fingerprint density at radius 1 is 1.05 bits per heavy atom. The maximum absolute atomic E-state index is 9.62. The van der Waals surface area contributed by atoms with Crippen molar-refractivity contribution in [2.75, 3.05) is 0 Å². The van der Waals surface area contributed by atoms with E-state index in [1.54, 1.807) is 6.07 Å². The first-order valence-corrected chi connectivity index (χ1v) is 7.66. The van der Waals surface area contributed by atoms with E-state index in [1.807, 2.05) is 12.1 Å². The normalized spacial score (nSPS) is 23.4. The highest BCUT2D eigenvalue weighted by atomic mass is 16.7. The molecule has 1 N–H and O–H groups in total. The zero-order chi connectivity index (χ0) is 15.3. The fourth-order valence-corrected chi connectivity index (χ4v) is 2.88. The number of hydrogen-bond acceptors (Lipinski definition) is 3. The molecular formula is C17H23BO3. The molecule has 4 heteroatoms. The molecule has 0 saturated carbocycles. The predicted molar refractivity (Wildman–Crippen MR) is 85.1 cm³/mol. The maximum Gasteiger partial charge on any atom is 0.490 e. The minimum Gasteiger partial charge on any atom is -0.508 e. The average Bonchev–Trinajstić information content (AvgIpc) is 2.53. The van der Waals surface area contributed by atoms with E-state index in [1.165, 1.54) is 11.0 Å². The molecule has 0 radical (unpaired) electrons. The van der Waals surface area contributed by atoms with Gasteiger partial charge in [0.2, 0.25) is 0 Å². The first kappa shape index (κ1) is 14.7. The van der Waals surface area contributed by atoms with Crippen LogP contribution in [-0.2, 0) is 15.7 Å². The van der Waals surface area contributed by atoms with Crippen LogP contribution in [0.15, 0.2) is 23.7 Å². The van der Waals surface area contributed by atoms with Crippen molar-refractivity contribution in [1.29, 1.82) is 0 Å². The predicted octanol–water partition coefficient (Wildman–Crippen LogP) is 3.74.